The highest BCUT2D eigenvalue weighted by molar-refractivity contribution is 7.92. The molecule has 1 N–H and O–H groups in total. The van der Waals surface area contributed by atoms with E-state index in [0.717, 1.165) is 5.69 Å². The molecule has 0 atom stereocenters. The van der Waals surface area contributed by atoms with Gasteiger partial charge in [-0.05, 0) is 13.8 Å². The average molecular weight is 339 g/mol. The third kappa shape index (κ3) is 2.80. The lowest BCUT2D eigenvalue weighted by Crippen LogP contribution is -2.33. The molecule has 0 radical (unpaired) electrons. The lowest BCUT2D eigenvalue weighted by atomic mass is 9.94. The Morgan fingerprint density at radius 1 is 1.35 bits per heavy atom. The number of aryl methyl sites for hydroxylation is 1. The van der Waals surface area contributed by atoms with Gasteiger partial charge in [-0.25, -0.2) is 13.1 Å². The van der Waals surface area contributed by atoms with Gasteiger partial charge in [-0.1, -0.05) is 13.8 Å². The van der Waals surface area contributed by atoms with Gasteiger partial charge >= 0.3 is 0 Å². The second kappa shape index (κ2) is 5.26. The summed E-state index contributed by atoms with van der Waals surface area (Å²) in [6.45, 7) is 9.61. The predicted octanol–water partition coefficient (Wildman–Crippen LogP) is 1.63. The summed E-state index contributed by atoms with van der Waals surface area (Å²) in [5.41, 5.74) is 1.15. The van der Waals surface area contributed by atoms with Crippen LogP contribution in [-0.4, -0.2) is 34.6 Å². The van der Waals surface area contributed by atoms with Crippen molar-refractivity contribution in [2.24, 2.45) is 5.41 Å². The maximum atomic E-state index is 12.7. The Kier molecular flexibility index (Phi) is 3.62. The van der Waals surface area contributed by atoms with Crippen molar-refractivity contribution >= 4 is 15.7 Å². The second-order valence-corrected chi connectivity index (χ2v) is 8.14. The Balaban J connectivity index is 1.92. The van der Waals surface area contributed by atoms with E-state index in [4.69, 9.17) is 4.74 Å². The molecule has 1 aliphatic heterocycles. The summed E-state index contributed by atoms with van der Waals surface area (Å²) in [5, 5.41) is 8.30. The Hall–Kier alpha value is -2.03. The molecule has 23 heavy (non-hydrogen) atoms. The lowest BCUT2D eigenvalue weighted by Gasteiger charge is -2.30. The summed E-state index contributed by atoms with van der Waals surface area (Å²) in [4.78, 5) is 0.0525. The molecule has 3 rings (SSSR count). The fourth-order valence-corrected chi connectivity index (χ4v) is 3.76. The van der Waals surface area contributed by atoms with Crippen molar-refractivity contribution in [3.8, 4) is 5.88 Å². The normalized spacial score (nSPS) is 16.7. The third-order valence-electron chi connectivity index (χ3n) is 3.87. The van der Waals surface area contributed by atoms with Crippen molar-refractivity contribution in [2.75, 3.05) is 11.3 Å². The maximum absolute atomic E-state index is 12.7. The zero-order valence-corrected chi connectivity index (χ0v) is 14.5. The molecule has 9 heteroatoms. The highest BCUT2D eigenvalue weighted by atomic mass is 32.2. The molecule has 0 saturated carbocycles. The van der Waals surface area contributed by atoms with Crippen LogP contribution in [0, 0.1) is 12.3 Å². The van der Waals surface area contributed by atoms with Crippen molar-refractivity contribution in [1.29, 1.82) is 0 Å². The minimum Gasteiger partial charge on any atom is -0.476 e. The topological polar surface area (TPSA) is 91.0 Å². The average Bonchev–Trinajstić information content (AvgIpc) is 3.02. The van der Waals surface area contributed by atoms with Gasteiger partial charge in [0.25, 0.3) is 10.0 Å². The number of ether oxygens (including phenoxy) is 1. The second-order valence-electron chi connectivity index (χ2n) is 6.49. The number of hydrogen-bond acceptors (Lipinski definition) is 5. The van der Waals surface area contributed by atoms with Gasteiger partial charge < -0.3 is 4.74 Å². The van der Waals surface area contributed by atoms with E-state index in [9.17, 15) is 8.42 Å². The molecular formula is C14H21N5O3S. The summed E-state index contributed by atoms with van der Waals surface area (Å²) >= 11 is 0. The minimum atomic E-state index is -3.78. The number of hydrogen-bond donors (Lipinski definition) is 1. The minimum absolute atomic E-state index is 0.0525. The summed E-state index contributed by atoms with van der Waals surface area (Å²) in [5.74, 6) is 0.289. The van der Waals surface area contributed by atoms with E-state index >= 15 is 0 Å². The standard InChI is InChI=1S/C14H21N5O3S/c1-5-18-10(2)11(6-15-18)17-23(20,21)12-7-16-19-8-14(3,4)9-22-13(12)19/h6-7,17H,5,8-9H2,1-4H3. The van der Waals surface area contributed by atoms with Crippen LogP contribution in [0.25, 0.3) is 0 Å². The number of sulfonamides is 1. The zero-order valence-electron chi connectivity index (χ0n) is 13.7. The molecule has 2 aromatic heterocycles. The van der Waals surface area contributed by atoms with Crippen LogP contribution in [0.1, 0.15) is 26.5 Å². The smallest absolute Gasteiger partial charge is 0.269 e. The fraction of sp³-hybridized carbons (Fsp3) is 0.571. The SMILES string of the molecule is CCn1ncc(NS(=O)(=O)c2cnn3c2OCC(C)(C)C3)c1C. The van der Waals surface area contributed by atoms with E-state index in [1.54, 1.807) is 9.36 Å². The van der Waals surface area contributed by atoms with Crippen LogP contribution in [0.5, 0.6) is 5.88 Å². The highest BCUT2D eigenvalue weighted by Crippen LogP contribution is 2.34. The molecule has 0 saturated heterocycles. The van der Waals surface area contributed by atoms with E-state index in [-0.39, 0.29) is 16.2 Å². The van der Waals surface area contributed by atoms with Gasteiger partial charge in [0.15, 0.2) is 4.90 Å². The van der Waals surface area contributed by atoms with Gasteiger partial charge in [0.1, 0.15) is 0 Å². The summed E-state index contributed by atoms with van der Waals surface area (Å²) < 4.78 is 36.9. The van der Waals surface area contributed by atoms with Crippen molar-refractivity contribution in [3.05, 3.63) is 18.1 Å². The Morgan fingerprint density at radius 2 is 2.09 bits per heavy atom. The van der Waals surface area contributed by atoms with Gasteiger partial charge in [-0.15, -0.1) is 0 Å². The molecule has 0 aliphatic carbocycles. The molecule has 0 spiro atoms. The van der Waals surface area contributed by atoms with Gasteiger partial charge in [-0.3, -0.25) is 9.40 Å². The number of aromatic nitrogens is 4. The van der Waals surface area contributed by atoms with Crippen LogP contribution in [0.2, 0.25) is 0 Å². The van der Waals surface area contributed by atoms with Gasteiger partial charge in [-0.2, -0.15) is 10.2 Å². The van der Waals surface area contributed by atoms with E-state index in [2.05, 4.69) is 14.9 Å². The van der Waals surface area contributed by atoms with Crippen LogP contribution in [0.15, 0.2) is 17.3 Å². The van der Waals surface area contributed by atoms with E-state index < -0.39 is 10.0 Å². The first kappa shape index (κ1) is 15.9. The first-order chi connectivity index (χ1) is 10.7. The number of anilines is 1. The monoisotopic (exact) mass is 339 g/mol. The van der Waals surface area contributed by atoms with E-state index in [1.807, 2.05) is 27.7 Å². The fourth-order valence-electron chi connectivity index (χ4n) is 2.58. The van der Waals surface area contributed by atoms with Gasteiger partial charge in [0, 0.05) is 12.0 Å². The van der Waals surface area contributed by atoms with E-state index in [1.165, 1.54) is 12.4 Å². The Bertz CT molecular complexity index is 835. The first-order valence-electron chi connectivity index (χ1n) is 7.47. The Morgan fingerprint density at radius 3 is 2.74 bits per heavy atom. The summed E-state index contributed by atoms with van der Waals surface area (Å²) in [7, 11) is -3.78. The molecular weight excluding hydrogens is 318 g/mol. The number of fused-ring (bicyclic) bond motifs is 1. The maximum Gasteiger partial charge on any atom is 0.269 e. The molecule has 2 aromatic rings. The largest absolute Gasteiger partial charge is 0.476 e. The van der Waals surface area contributed by atoms with Crippen molar-refractivity contribution in [2.45, 2.75) is 45.7 Å². The zero-order chi connectivity index (χ0) is 16.8. The predicted molar refractivity (Wildman–Crippen MR) is 84.9 cm³/mol. The molecule has 1 aliphatic rings. The number of nitrogens with zero attached hydrogens (tertiary/aromatic N) is 4. The summed E-state index contributed by atoms with van der Waals surface area (Å²) in [6, 6.07) is 0. The van der Waals surface area contributed by atoms with Crippen LogP contribution >= 0.6 is 0 Å². The van der Waals surface area contributed by atoms with Crippen molar-refractivity contribution < 1.29 is 13.2 Å². The quantitative estimate of drug-likeness (QED) is 0.914. The number of nitrogens with one attached hydrogen (secondary N) is 1. The molecule has 0 bridgehead atoms. The summed E-state index contributed by atoms with van der Waals surface area (Å²) in [6.07, 6.45) is 2.84. The molecule has 3 heterocycles. The first-order valence-corrected chi connectivity index (χ1v) is 8.96. The molecule has 0 unspecified atom stereocenters. The van der Waals surface area contributed by atoms with Gasteiger partial charge in [0.2, 0.25) is 5.88 Å². The molecule has 126 valence electrons. The van der Waals surface area contributed by atoms with Gasteiger partial charge in [0.05, 0.1) is 36.9 Å². The molecule has 0 aromatic carbocycles. The van der Waals surface area contributed by atoms with Crippen LogP contribution in [0.4, 0.5) is 5.69 Å². The molecule has 0 amide bonds. The third-order valence-corrected chi connectivity index (χ3v) is 5.22. The lowest BCUT2D eigenvalue weighted by molar-refractivity contribution is 0.0971. The van der Waals surface area contributed by atoms with Crippen LogP contribution in [0.3, 0.4) is 0 Å². The van der Waals surface area contributed by atoms with Crippen LogP contribution in [-0.2, 0) is 23.1 Å². The molecule has 8 nitrogen and oxygen atoms in total. The van der Waals surface area contributed by atoms with Crippen LogP contribution < -0.4 is 9.46 Å². The van der Waals surface area contributed by atoms with E-state index in [0.29, 0.717) is 25.4 Å². The van der Waals surface area contributed by atoms with Crippen molar-refractivity contribution in [1.82, 2.24) is 19.6 Å². The Labute approximate surface area is 135 Å². The van der Waals surface area contributed by atoms with Crippen molar-refractivity contribution in [3.63, 3.8) is 0 Å². The molecule has 0 fully saturated rings. The highest BCUT2D eigenvalue weighted by Gasteiger charge is 2.33. The number of rotatable bonds is 4.